The molecule has 2 aromatic heterocycles. The molecule has 45 heavy (non-hydrogen) atoms. The molecule has 1 aliphatic heterocycles. The molecule has 0 spiro atoms. The highest BCUT2D eigenvalue weighted by atomic mass is 35.5. The van der Waals surface area contributed by atoms with Crippen LogP contribution < -0.4 is 16.2 Å². The number of aromatic amines is 2. The lowest BCUT2D eigenvalue weighted by Crippen LogP contribution is -2.62. The predicted octanol–water partition coefficient (Wildman–Crippen LogP) is 3.79. The molecule has 0 unspecified atom stereocenters. The molecule has 3 aromatic carbocycles. The van der Waals surface area contributed by atoms with Crippen molar-refractivity contribution < 1.29 is 32.4 Å². The van der Waals surface area contributed by atoms with Gasteiger partial charge in [0.1, 0.15) is 5.75 Å². The molecule has 1 amide bonds. The summed E-state index contributed by atoms with van der Waals surface area (Å²) in [5.41, 5.74) is 2.49. The zero-order valence-corrected chi connectivity index (χ0v) is 24.9. The Morgan fingerprint density at radius 2 is 1.29 bits per heavy atom. The summed E-state index contributed by atoms with van der Waals surface area (Å²) in [5, 5.41) is 0.573. The minimum atomic E-state index is -0.590. The number of ketones is 2. The van der Waals surface area contributed by atoms with Gasteiger partial charge in [0.05, 0.1) is 63.1 Å². The van der Waals surface area contributed by atoms with Crippen LogP contribution in [0.1, 0.15) is 33.6 Å². The van der Waals surface area contributed by atoms with Crippen molar-refractivity contribution in [3.63, 3.8) is 0 Å². The second-order valence-electron chi connectivity index (χ2n) is 11.2. The molecule has 5 aromatic rings. The number of oxazole rings is 2. The minimum absolute atomic E-state index is 0.117. The van der Waals surface area contributed by atoms with Crippen LogP contribution in [0.2, 0.25) is 5.02 Å². The molecule has 2 N–H and O–H groups in total. The first-order chi connectivity index (χ1) is 21.7. The van der Waals surface area contributed by atoms with Gasteiger partial charge < -0.3 is 23.0 Å². The summed E-state index contributed by atoms with van der Waals surface area (Å²) in [6.07, 6.45) is 0.394. The SMILES string of the molecule is O=C(CC[N+]1(CCC(=O)c2ccc3[nH]c(=O)oc3c2)CCN(C(=O)COc2ccc(Cl)cc2)CC1)c1ccc2[nH]c(=O)oc2c1. The monoisotopic (exact) mass is 633 g/mol. The van der Waals surface area contributed by atoms with Crippen LogP contribution in [0.15, 0.2) is 79.1 Å². The molecule has 6 rings (SSSR count). The Balaban J connectivity index is 1.13. The highest BCUT2D eigenvalue weighted by Crippen LogP contribution is 2.22. The van der Waals surface area contributed by atoms with E-state index in [0.29, 0.717) is 87.9 Å². The van der Waals surface area contributed by atoms with E-state index in [4.69, 9.17) is 25.2 Å². The fraction of sp³-hybridized carbons (Fsp3) is 0.281. The number of quaternary nitrogens is 1. The normalized spacial score (nSPS) is 14.6. The van der Waals surface area contributed by atoms with Gasteiger partial charge in [-0.25, -0.2) is 9.59 Å². The van der Waals surface area contributed by atoms with Gasteiger partial charge in [0.15, 0.2) is 29.3 Å². The van der Waals surface area contributed by atoms with Crippen molar-refractivity contribution in [2.75, 3.05) is 45.9 Å². The number of piperazine rings is 1. The van der Waals surface area contributed by atoms with E-state index in [0.717, 1.165) is 0 Å². The van der Waals surface area contributed by atoms with Crippen molar-refractivity contribution in [3.05, 3.63) is 97.9 Å². The minimum Gasteiger partial charge on any atom is -0.484 e. The number of amides is 1. The Hall–Kier alpha value is -4.94. The number of carbonyl (C=O) groups is 3. The molecular weight excluding hydrogens is 604 g/mol. The van der Waals surface area contributed by atoms with Gasteiger partial charge in [0, 0.05) is 16.1 Å². The first kappa shape index (κ1) is 30.1. The van der Waals surface area contributed by atoms with Crippen molar-refractivity contribution in [2.24, 2.45) is 0 Å². The Bertz CT molecular complexity index is 1890. The fourth-order valence-corrected chi connectivity index (χ4v) is 5.79. The summed E-state index contributed by atoms with van der Waals surface area (Å²) in [6, 6.07) is 16.5. The molecule has 12 nitrogen and oxygen atoms in total. The fourth-order valence-electron chi connectivity index (χ4n) is 5.67. The van der Waals surface area contributed by atoms with E-state index in [1.54, 1.807) is 65.6 Å². The van der Waals surface area contributed by atoms with Crippen molar-refractivity contribution in [1.29, 1.82) is 0 Å². The van der Waals surface area contributed by atoms with Gasteiger partial charge in [-0.05, 0) is 60.7 Å². The lowest BCUT2D eigenvalue weighted by Gasteiger charge is -2.45. The number of benzene rings is 3. The summed E-state index contributed by atoms with van der Waals surface area (Å²) in [4.78, 5) is 69.4. The Kier molecular flexibility index (Phi) is 8.42. The summed E-state index contributed by atoms with van der Waals surface area (Å²) in [7, 11) is 0. The molecule has 0 radical (unpaired) electrons. The van der Waals surface area contributed by atoms with E-state index >= 15 is 0 Å². The van der Waals surface area contributed by atoms with E-state index in [2.05, 4.69) is 9.97 Å². The number of fused-ring (bicyclic) bond motifs is 2. The Morgan fingerprint density at radius 3 is 1.80 bits per heavy atom. The third-order valence-corrected chi connectivity index (χ3v) is 8.58. The number of rotatable bonds is 11. The maximum Gasteiger partial charge on any atom is 0.417 e. The predicted molar refractivity (Wildman–Crippen MR) is 165 cm³/mol. The summed E-state index contributed by atoms with van der Waals surface area (Å²) >= 11 is 5.92. The number of aromatic nitrogens is 2. The quantitative estimate of drug-likeness (QED) is 0.164. The summed E-state index contributed by atoms with van der Waals surface area (Å²) < 4.78 is 16.3. The number of halogens is 1. The van der Waals surface area contributed by atoms with Gasteiger partial charge in [-0.1, -0.05) is 11.6 Å². The average Bonchev–Trinajstić information content (AvgIpc) is 3.61. The van der Waals surface area contributed by atoms with Crippen molar-refractivity contribution in [2.45, 2.75) is 12.8 Å². The smallest absolute Gasteiger partial charge is 0.417 e. The molecule has 1 saturated heterocycles. The summed E-state index contributed by atoms with van der Waals surface area (Å²) in [6.45, 7) is 2.76. The number of Topliss-reactive ketones (excluding diaryl/α,β-unsaturated/α-hetero) is 2. The van der Waals surface area contributed by atoms with E-state index in [1.165, 1.54) is 0 Å². The zero-order chi connectivity index (χ0) is 31.6. The standard InChI is InChI=1S/C32H29ClN4O8/c33-22-3-5-23(6-4-22)43-19-30(40)36-11-15-37(16-12-36,13-9-26(38)20-1-7-24-28(17-20)44-31(41)34-24)14-10-27(39)21-2-8-25-29(18-21)45-32(42)35-25/h1-8,17-18H,9-16,19H2,(H-,34,35,38,39,41,42)/p+1. The molecule has 0 atom stereocenters. The van der Waals surface area contributed by atoms with Gasteiger partial charge in [0.2, 0.25) is 0 Å². The van der Waals surface area contributed by atoms with E-state index in [1.807, 2.05) is 0 Å². The van der Waals surface area contributed by atoms with Crippen LogP contribution in [0, 0.1) is 0 Å². The lowest BCUT2D eigenvalue weighted by molar-refractivity contribution is -0.930. The molecule has 1 aliphatic rings. The molecule has 0 saturated carbocycles. The van der Waals surface area contributed by atoms with Crippen LogP contribution in [0.25, 0.3) is 22.2 Å². The van der Waals surface area contributed by atoms with Crippen LogP contribution >= 0.6 is 11.6 Å². The summed E-state index contributed by atoms with van der Waals surface area (Å²) in [5.74, 6) is -1.03. The maximum atomic E-state index is 13.2. The first-order valence-corrected chi connectivity index (χ1v) is 14.9. The molecule has 13 heteroatoms. The highest BCUT2D eigenvalue weighted by Gasteiger charge is 2.35. The van der Waals surface area contributed by atoms with Crippen molar-refractivity contribution in [1.82, 2.24) is 14.9 Å². The third-order valence-electron chi connectivity index (χ3n) is 8.33. The molecule has 0 aliphatic carbocycles. The van der Waals surface area contributed by atoms with Crippen molar-refractivity contribution in [3.8, 4) is 5.75 Å². The van der Waals surface area contributed by atoms with Crippen LogP contribution in [-0.2, 0) is 4.79 Å². The van der Waals surface area contributed by atoms with E-state index in [-0.39, 0.29) is 36.9 Å². The highest BCUT2D eigenvalue weighted by molar-refractivity contribution is 6.30. The van der Waals surface area contributed by atoms with Crippen LogP contribution in [0.4, 0.5) is 0 Å². The zero-order valence-electron chi connectivity index (χ0n) is 24.2. The lowest BCUT2D eigenvalue weighted by atomic mass is 10.0. The van der Waals surface area contributed by atoms with Crippen LogP contribution in [-0.4, -0.2) is 82.7 Å². The Labute approximate surface area is 260 Å². The molecule has 232 valence electrons. The number of hydrogen-bond donors (Lipinski definition) is 2. The molecular formula is C32H30ClN4O8+. The van der Waals surface area contributed by atoms with Gasteiger partial charge in [0.25, 0.3) is 5.91 Å². The molecule has 0 bridgehead atoms. The number of H-pyrrole nitrogens is 2. The average molecular weight is 634 g/mol. The van der Waals surface area contributed by atoms with Crippen LogP contribution in [0.3, 0.4) is 0 Å². The van der Waals surface area contributed by atoms with Crippen molar-refractivity contribution >= 4 is 51.3 Å². The Morgan fingerprint density at radius 1 is 0.778 bits per heavy atom. The van der Waals surface area contributed by atoms with E-state index < -0.39 is 11.5 Å². The maximum absolute atomic E-state index is 13.2. The number of nitrogens with zero attached hydrogens (tertiary/aromatic N) is 2. The van der Waals surface area contributed by atoms with Crippen LogP contribution in [0.5, 0.6) is 5.75 Å². The number of nitrogens with one attached hydrogen (secondary N) is 2. The largest absolute Gasteiger partial charge is 0.484 e. The molecule has 1 fully saturated rings. The number of ether oxygens (including phenoxy) is 1. The molecule has 3 heterocycles. The first-order valence-electron chi connectivity index (χ1n) is 14.5. The van der Waals surface area contributed by atoms with Gasteiger partial charge in [-0.2, -0.15) is 0 Å². The third kappa shape index (κ3) is 6.92. The second-order valence-corrected chi connectivity index (χ2v) is 11.6. The number of hydrogen-bond acceptors (Lipinski definition) is 8. The van der Waals surface area contributed by atoms with E-state index in [9.17, 15) is 24.0 Å². The second kappa shape index (κ2) is 12.6. The van der Waals surface area contributed by atoms with Gasteiger partial charge >= 0.3 is 11.5 Å². The topological polar surface area (TPSA) is 156 Å². The van der Waals surface area contributed by atoms with Gasteiger partial charge in [-0.15, -0.1) is 0 Å². The van der Waals surface area contributed by atoms with Gasteiger partial charge in [-0.3, -0.25) is 24.4 Å². The number of carbonyl (C=O) groups excluding carboxylic acids is 3.